The number of rotatable bonds is 1. The molecular weight excluding hydrogens is 304 g/mol. The van der Waals surface area contributed by atoms with Gasteiger partial charge in [-0.2, -0.15) is 0 Å². The van der Waals surface area contributed by atoms with E-state index in [0.29, 0.717) is 6.42 Å². The summed E-state index contributed by atoms with van der Waals surface area (Å²) >= 11 is 0. The molecule has 0 radical (unpaired) electrons. The lowest BCUT2D eigenvalue weighted by atomic mass is 9.70. The molecule has 5 atom stereocenters. The summed E-state index contributed by atoms with van der Waals surface area (Å²) in [5, 5.41) is 2.90. The number of hydrogen-bond donors (Lipinski definition) is 1. The number of nitrogens with zero attached hydrogens (tertiary/aromatic N) is 1. The van der Waals surface area contributed by atoms with Crippen LogP contribution in [0.5, 0.6) is 0 Å². The Balaban J connectivity index is 1.57. The van der Waals surface area contributed by atoms with Crippen molar-refractivity contribution in [1.29, 1.82) is 0 Å². The summed E-state index contributed by atoms with van der Waals surface area (Å²) in [6.45, 7) is 0. The molecule has 0 aromatic heterocycles. The number of carbonyl (C=O) groups excluding carboxylic acids is 2. The largest absolute Gasteiger partial charge is 0.339 e. The van der Waals surface area contributed by atoms with Gasteiger partial charge in [0.2, 0.25) is 11.6 Å². The van der Waals surface area contributed by atoms with Crippen molar-refractivity contribution in [3.05, 3.63) is 54.6 Å². The van der Waals surface area contributed by atoms with Crippen LogP contribution in [-0.4, -0.2) is 29.7 Å². The summed E-state index contributed by atoms with van der Waals surface area (Å²) in [6.07, 6.45) is 9.42. The topological polar surface area (TPSA) is 58.6 Å². The van der Waals surface area contributed by atoms with E-state index in [0.717, 1.165) is 12.1 Å². The highest BCUT2D eigenvalue weighted by Crippen LogP contribution is 2.48. The van der Waals surface area contributed by atoms with Gasteiger partial charge in [-0.1, -0.05) is 42.5 Å². The minimum atomic E-state index is -1.22. The lowest BCUT2D eigenvalue weighted by Gasteiger charge is -2.58. The fraction of sp³-hybridized carbons (Fsp3) is 0.368. The molecule has 4 fully saturated rings. The molecule has 24 heavy (non-hydrogen) atoms. The minimum Gasteiger partial charge on any atom is -0.339 e. The highest BCUT2D eigenvalue weighted by molar-refractivity contribution is 6.11. The SMILES string of the molecule is O=C1N[C@]23OC4C=CC=CC4C[C@H]2C[C@H]1N(c1ccccc1)C3=O. The predicted molar refractivity (Wildman–Crippen MR) is 88.0 cm³/mol. The normalized spacial score (nSPS) is 39.4. The van der Waals surface area contributed by atoms with Gasteiger partial charge in [0.05, 0.1) is 6.10 Å². The van der Waals surface area contributed by atoms with Gasteiger partial charge in [0, 0.05) is 17.5 Å². The molecule has 2 amide bonds. The average molecular weight is 322 g/mol. The Kier molecular flexibility index (Phi) is 2.80. The number of hydrogen-bond acceptors (Lipinski definition) is 3. The third-order valence-electron chi connectivity index (χ3n) is 5.65. The molecule has 5 nitrogen and oxygen atoms in total. The zero-order chi connectivity index (χ0) is 16.3. The number of allylic oxidation sites excluding steroid dienone is 2. The first-order valence-corrected chi connectivity index (χ1v) is 8.42. The highest BCUT2D eigenvalue weighted by Gasteiger charge is 2.65. The Labute approximate surface area is 140 Å². The van der Waals surface area contributed by atoms with E-state index >= 15 is 0 Å². The quantitative estimate of drug-likeness (QED) is 0.857. The van der Waals surface area contributed by atoms with Crippen molar-refractivity contribution in [2.24, 2.45) is 11.8 Å². The lowest BCUT2D eigenvalue weighted by Crippen LogP contribution is -2.81. The van der Waals surface area contributed by atoms with Gasteiger partial charge in [0.25, 0.3) is 5.91 Å². The van der Waals surface area contributed by atoms with Crippen LogP contribution in [0.25, 0.3) is 0 Å². The van der Waals surface area contributed by atoms with E-state index in [-0.39, 0.29) is 29.8 Å². The van der Waals surface area contributed by atoms with Crippen LogP contribution in [0.4, 0.5) is 5.69 Å². The van der Waals surface area contributed by atoms with Crippen molar-refractivity contribution < 1.29 is 14.3 Å². The summed E-state index contributed by atoms with van der Waals surface area (Å²) in [5.74, 6) is 0.0318. The van der Waals surface area contributed by atoms with Crippen molar-refractivity contribution in [3.63, 3.8) is 0 Å². The average Bonchev–Trinajstić information content (AvgIpc) is 2.61. The molecule has 4 aliphatic heterocycles. The summed E-state index contributed by atoms with van der Waals surface area (Å²) in [5.41, 5.74) is -0.469. The fourth-order valence-electron chi connectivity index (χ4n) is 4.52. The maximum Gasteiger partial charge on any atom is 0.281 e. The van der Waals surface area contributed by atoms with E-state index in [1.165, 1.54) is 0 Å². The first kappa shape index (κ1) is 14.0. The van der Waals surface area contributed by atoms with Crippen LogP contribution < -0.4 is 10.2 Å². The maximum atomic E-state index is 13.3. The number of para-hydroxylation sites is 1. The van der Waals surface area contributed by atoms with Gasteiger partial charge < -0.3 is 10.1 Å². The molecular formula is C19H18N2O3. The number of benzene rings is 1. The van der Waals surface area contributed by atoms with Gasteiger partial charge >= 0.3 is 0 Å². The van der Waals surface area contributed by atoms with Gasteiger partial charge in [-0.25, -0.2) is 0 Å². The van der Waals surface area contributed by atoms with E-state index in [2.05, 4.69) is 11.4 Å². The molecule has 1 aromatic rings. The monoisotopic (exact) mass is 322 g/mol. The smallest absolute Gasteiger partial charge is 0.281 e. The number of piperidine rings is 2. The number of anilines is 1. The highest BCUT2D eigenvalue weighted by atomic mass is 16.5. The zero-order valence-corrected chi connectivity index (χ0v) is 13.1. The molecule has 0 saturated carbocycles. The molecule has 1 N–H and O–H groups in total. The second kappa shape index (κ2) is 4.80. The van der Waals surface area contributed by atoms with Crippen molar-refractivity contribution in [2.45, 2.75) is 30.7 Å². The Morgan fingerprint density at radius 2 is 1.88 bits per heavy atom. The first-order chi connectivity index (χ1) is 11.7. The van der Waals surface area contributed by atoms with Crippen LogP contribution in [-0.2, 0) is 14.3 Å². The fourth-order valence-corrected chi connectivity index (χ4v) is 4.52. The van der Waals surface area contributed by atoms with Gasteiger partial charge in [0.15, 0.2) is 0 Å². The van der Waals surface area contributed by atoms with Gasteiger partial charge in [-0.05, 0) is 25.0 Å². The van der Waals surface area contributed by atoms with Crippen LogP contribution >= 0.6 is 0 Å². The van der Waals surface area contributed by atoms with Gasteiger partial charge in [-0.3, -0.25) is 14.5 Å². The third-order valence-corrected chi connectivity index (χ3v) is 5.65. The Morgan fingerprint density at radius 3 is 2.71 bits per heavy atom. The summed E-state index contributed by atoms with van der Waals surface area (Å²) in [6, 6.07) is 8.95. The molecule has 122 valence electrons. The van der Waals surface area contributed by atoms with Gasteiger partial charge in [-0.15, -0.1) is 0 Å². The summed E-state index contributed by atoms with van der Waals surface area (Å²) < 4.78 is 6.24. The van der Waals surface area contributed by atoms with Crippen LogP contribution in [0.2, 0.25) is 0 Å². The van der Waals surface area contributed by atoms with E-state index in [9.17, 15) is 9.59 Å². The minimum absolute atomic E-state index is 0.0186. The Morgan fingerprint density at radius 1 is 1.08 bits per heavy atom. The number of fused-ring (bicyclic) bond motifs is 3. The molecule has 2 unspecified atom stereocenters. The van der Waals surface area contributed by atoms with Crippen LogP contribution in [0.1, 0.15) is 12.8 Å². The summed E-state index contributed by atoms with van der Waals surface area (Å²) in [7, 11) is 0. The Bertz CT molecular complexity index is 772. The standard InChI is InChI=1S/C19H18N2O3/c22-17-15-11-13-10-12-6-4-5-9-16(12)24-19(13,20-17)18(23)21(15)14-7-2-1-3-8-14/h1-9,12-13,15-16H,10-11H2,(H,20,22)/t12?,13-,15+,16?,19-/m0/s1. The van der Waals surface area contributed by atoms with E-state index in [1.807, 2.05) is 48.6 Å². The molecule has 1 aliphatic carbocycles. The van der Waals surface area contributed by atoms with Crippen molar-refractivity contribution in [3.8, 4) is 0 Å². The molecule has 6 rings (SSSR count). The summed E-state index contributed by atoms with van der Waals surface area (Å²) in [4.78, 5) is 27.5. The number of piperazine rings is 1. The molecule has 5 aliphatic rings. The van der Waals surface area contributed by atoms with Crippen LogP contribution in [0.15, 0.2) is 54.6 Å². The van der Waals surface area contributed by atoms with Crippen LogP contribution in [0, 0.1) is 11.8 Å². The van der Waals surface area contributed by atoms with Crippen molar-refractivity contribution >= 4 is 17.5 Å². The van der Waals surface area contributed by atoms with Gasteiger partial charge in [0.1, 0.15) is 6.04 Å². The molecule has 1 aromatic carbocycles. The lowest BCUT2D eigenvalue weighted by molar-refractivity contribution is -0.210. The molecule has 2 bridgehead atoms. The second-order valence-electron chi connectivity index (χ2n) is 6.94. The zero-order valence-electron chi connectivity index (χ0n) is 13.1. The first-order valence-electron chi connectivity index (χ1n) is 8.42. The second-order valence-corrected chi connectivity index (χ2v) is 6.94. The number of amides is 2. The van der Waals surface area contributed by atoms with Crippen molar-refractivity contribution in [1.82, 2.24) is 5.32 Å². The molecule has 1 spiro atoms. The molecule has 4 saturated heterocycles. The Hall–Kier alpha value is -2.40. The number of carbonyl (C=O) groups is 2. The maximum absolute atomic E-state index is 13.3. The van der Waals surface area contributed by atoms with Crippen molar-refractivity contribution in [2.75, 3.05) is 4.90 Å². The van der Waals surface area contributed by atoms with E-state index < -0.39 is 11.8 Å². The van der Waals surface area contributed by atoms with E-state index in [4.69, 9.17) is 4.74 Å². The molecule has 4 heterocycles. The molecule has 5 heteroatoms. The van der Waals surface area contributed by atoms with Crippen LogP contribution in [0.3, 0.4) is 0 Å². The number of nitrogens with one attached hydrogen (secondary N) is 1. The number of ether oxygens (including phenoxy) is 1. The van der Waals surface area contributed by atoms with E-state index in [1.54, 1.807) is 4.90 Å². The third kappa shape index (κ3) is 1.73. The predicted octanol–water partition coefficient (Wildman–Crippen LogP) is 1.77.